The third-order valence-electron chi connectivity index (χ3n) is 3.35. The Hall–Kier alpha value is -2.04. The van der Waals surface area contributed by atoms with E-state index in [4.69, 9.17) is 0 Å². The van der Waals surface area contributed by atoms with Gasteiger partial charge in [0.05, 0.1) is 0 Å². The molecule has 0 atom stereocenters. The Morgan fingerprint density at radius 3 is 2.65 bits per heavy atom. The highest BCUT2D eigenvalue weighted by atomic mass is 16.2. The van der Waals surface area contributed by atoms with Crippen molar-refractivity contribution in [3.8, 4) is 0 Å². The predicted octanol–water partition coefficient (Wildman–Crippen LogP) is 2.55. The molecule has 2 amide bonds. The number of hydrogen-bond acceptors (Lipinski definition) is 3. The smallest absolute Gasteiger partial charge is 0.326 e. The first kappa shape index (κ1) is 14.4. The summed E-state index contributed by atoms with van der Waals surface area (Å²) in [6.45, 7) is 5.57. The maximum atomic E-state index is 12.0. The van der Waals surface area contributed by atoms with Crippen molar-refractivity contribution < 1.29 is 4.79 Å². The van der Waals surface area contributed by atoms with Crippen molar-refractivity contribution >= 4 is 17.7 Å². The molecule has 0 saturated carbocycles. The minimum atomic E-state index is -0.255. The lowest BCUT2D eigenvalue weighted by molar-refractivity contribution is 0.255. The average molecular weight is 274 g/mol. The molecule has 108 valence electrons. The summed E-state index contributed by atoms with van der Waals surface area (Å²) in [5, 5.41) is 8.81. The monoisotopic (exact) mass is 274 g/mol. The number of rotatable bonds is 1. The molecule has 20 heavy (non-hydrogen) atoms. The van der Waals surface area contributed by atoms with Crippen molar-refractivity contribution in [3.05, 3.63) is 29.3 Å². The van der Waals surface area contributed by atoms with Gasteiger partial charge in [0.1, 0.15) is 0 Å². The fraction of sp³-hybridized carbons (Fsp3) is 0.467. The van der Waals surface area contributed by atoms with E-state index in [1.807, 2.05) is 32.0 Å². The Morgan fingerprint density at radius 1 is 1.15 bits per heavy atom. The van der Waals surface area contributed by atoms with E-state index in [0.29, 0.717) is 5.96 Å². The molecule has 2 rings (SSSR count). The van der Waals surface area contributed by atoms with Crippen molar-refractivity contribution in [2.45, 2.75) is 33.1 Å². The molecule has 1 heterocycles. The number of anilines is 1. The number of benzene rings is 1. The topological polar surface area (TPSA) is 65.5 Å². The van der Waals surface area contributed by atoms with Gasteiger partial charge in [0, 0.05) is 18.8 Å². The molecule has 0 bridgehead atoms. The molecule has 1 aliphatic heterocycles. The second kappa shape index (κ2) is 6.93. The second-order valence-electron chi connectivity index (χ2n) is 5.06. The van der Waals surface area contributed by atoms with Crippen molar-refractivity contribution in [1.29, 1.82) is 0 Å². The van der Waals surface area contributed by atoms with Gasteiger partial charge in [0.25, 0.3) is 0 Å². The lowest BCUT2D eigenvalue weighted by atomic mass is 10.1. The van der Waals surface area contributed by atoms with Gasteiger partial charge in [-0.2, -0.15) is 0 Å². The Kier molecular flexibility index (Phi) is 4.98. The van der Waals surface area contributed by atoms with Crippen molar-refractivity contribution in [3.63, 3.8) is 0 Å². The fourth-order valence-corrected chi connectivity index (χ4v) is 2.21. The highest BCUT2D eigenvalue weighted by Crippen LogP contribution is 2.18. The SMILES string of the molecule is Cc1cccc(C)c1NC(=O)NC1=NCCCCCN1. The molecule has 1 aliphatic rings. The van der Waals surface area contributed by atoms with E-state index in [1.165, 1.54) is 6.42 Å². The Bertz CT molecular complexity index is 490. The number of carbonyl (C=O) groups is 1. The minimum Gasteiger partial charge on any atom is -0.356 e. The van der Waals surface area contributed by atoms with Gasteiger partial charge in [-0.3, -0.25) is 10.3 Å². The van der Waals surface area contributed by atoms with Crippen molar-refractivity contribution in [2.24, 2.45) is 4.99 Å². The number of amides is 2. The molecule has 1 aromatic rings. The molecule has 0 aromatic heterocycles. The van der Waals surface area contributed by atoms with E-state index in [-0.39, 0.29) is 6.03 Å². The first-order valence-electron chi connectivity index (χ1n) is 7.09. The van der Waals surface area contributed by atoms with Crippen LogP contribution in [0.25, 0.3) is 0 Å². The van der Waals surface area contributed by atoms with E-state index in [0.717, 1.165) is 42.7 Å². The summed E-state index contributed by atoms with van der Waals surface area (Å²) >= 11 is 0. The predicted molar refractivity (Wildman–Crippen MR) is 82.2 cm³/mol. The van der Waals surface area contributed by atoms with Gasteiger partial charge in [0.15, 0.2) is 5.96 Å². The zero-order valence-corrected chi connectivity index (χ0v) is 12.1. The number of urea groups is 1. The molecule has 1 aromatic carbocycles. The maximum absolute atomic E-state index is 12.0. The van der Waals surface area contributed by atoms with Gasteiger partial charge < -0.3 is 10.6 Å². The first-order valence-corrected chi connectivity index (χ1v) is 7.09. The molecule has 5 nitrogen and oxygen atoms in total. The van der Waals surface area contributed by atoms with Crippen molar-refractivity contribution in [2.75, 3.05) is 18.4 Å². The molecule has 0 unspecified atom stereocenters. The lowest BCUT2D eigenvalue weighted by Crippen LogP contribution is -2.44. The van der Waals surface area contributed by atoms with Gasteiger partial charge >= 0.3 is 6.03 Å². The second-order valence-corrected chi connectivity index (χ2v) is 5.06. The summed E-state index contributed by atoms with van der Waals surface area (Å²) in [4.78, 5) is 16.4. The summed E-state index contributed by atoms with van der Waals surface area (Å²) in [5.41, 5.74) is 2.96. The van der Waals surface area contributed by atoms with E-state index in [1.54, 1.807) is 0 Å². The van der Waals surface area contributed by atoms with Crippen LogP contribution < -0.4 is 16.0 Å². The van der Waals surface area contributed by atoms with Crippen LogP contribution in [0.5, 0.6) is 0 Å². The van der Waals surface area contributed by atoms with Crippen LogP contribution in [-0.4, -0.2) is 25.1 Å². The van der Waals surface area contributed by atoms with Crippen LogP contribution in [0, 0.1) is 13.8 Å². The van der Waals surface area contributed by atoms with Gasteiger partial charge in [-0.25, -0.2) is 4.79 Å². The summed E-state index contributed by atoms with van der Waals surface area (Å²) in [5.74, 6) is 0.563. The number of hydrogen-bond donors (Lipinski definition) is 3. The largest absolute Gasteiger partial charge is 0.356 e. The average Bonchev–Trinajstić information content (AvgIpc) is 2.37. The number of nitrogens with one attached hydrogen (secondary N) is 3. The van der Waals surface area contributed by atoms with E-state index >= 15 is 0 Å². The van der Waals surface area contributed by atoms with Crippen LogP contribution in [0.4, 0.5) is 10.5 Å². The third kappa shape index (κ3) is 3.98. The van der Waals surface area contributed by atoms with E-state index in [2.05, 4.69) is 20.9 Å². The molecular formula is C15H22N4O. The summed E-state index contributed by atoms with van der Waals surface area (Å²) < 4.78 is 0. The van der Waals surface area contributed by atoms with Crippen molar-refractivity contribution in [1.82, 2.24) is 10.6 Å². The quantitative estimate of drug-likeness (QED) is 0.737. The Balaban J connectivity index is 1.98. The van der Waals surface area contributed by atoms with Crippen LogP contribution in [-0.2, 0) is 0 Å². The van der Waals surface area contributed by atoms with Crippen LogP contribution in [0.2, 0.25) is 0 Å². The van der Waals surface area contributed by atoms with Gasteiger partial charge in [0.2, 0.25) is 0 Å². The van der Waals surface area contributed by atoms with Gasteiger partial charge in [-0.05, 0) is 44.2 Å². The number of nitrogens with zero attached hydrogens (tertiary/aromatic N) is 1. The summed E-state index contributed by atoms with van der Waals surface area (Å²) in [7, 11) is 0. The highest BCUT2D eigenvalue weighted by Gasteiger charge is 2.10. The molecule has 5 heteroatoms. The normalized spacial score (nSPS) is 15.4. The number of carbonyl (C=O) groups excluding carboxylic acids is 1. The molecule has 0 aliphatic carbocycles. The number of guanidine groups is 1. The number of para-hydroxylation sites is 1. The van der Waals surface area contributed by atoms with E-state index < -0.39 is 0 Å². The Morgan fingerprint density at radius 2 is 1.90 bits per heavy atom. The van der Waals surface area contributed by atoms with Crippen LogP contribution >= 0.6 is 0 Å². The maximum Gasteiger partial charge on any atom is 0.326 e. The standard InChI is InChI=1S/C15H22N4O/c1-11-7-6-8-12(2)13(11)18-15(20)19-14-16-9-4-3-5-10-17-14/h6-8H,3-5,9-10H2,1-2H3,(H3,16,17,18,19,20). The summed E-state index contributed by atoms with van der Waals surface area (Å²) in [6.07, 6.45) is 3.36. The van der Waals surface area contributed by atoms with Crippen LogP contribution in [0.1, 0.15) is 30.4 Å². The number of aliphatic imine (C=N–C) groups is 1. The molecule has 0 radical (unpaired) electrons. The minimum absolute atomic E-state index is 0.255. The molecule has 0 saturated heterocycles. The molecule has 0 fully saturated rings. The molecule has 3 N–H and O–H groups in total. The summed E-state index contributed by atoms with van der Waals surface area (Å²) in [6, 6.07) is 5.69. The Labute approximate surface area is 119 Å². The zero-order valence-electron chi connectivity index (χ0n) is 12.1. The number of aryl methyl sites for hydroxylation is 2. The van der Waals surface area contributed by atoms with Crippen LogP contribution in [0.15, 0.2) is 23.2 Å². The molecular weight excluding hydrogens is 252 g/mol. The third-order valence-corrected chi connectivity index (χ3v) is 3.35. The lowest BCUT2D eigenvalue weighted by Gasteiger charge is -2.16. The fourth-order valence-electron chi connectivity index (χ4n) is 2.21. The molecule has 0 spiro atoms. The first-order chi connectivity index (χ1) is 9.66. The zero-order chi connectivity index (χ0) is 14.4. The van der Waals surface area contributed by atoms with Gasteiger partial charge in [-0.15, -0.1) is 0 Å². The highest BCUT2D eigenvalue weighted by molar-refractivity contribution is 6.03. The van der Waals surface area contributed by atoms with E-state index in [9.17, 15) is 4.79 Å². The van der Waals surface area contributed by atoms with Gasteiger partial charge in [-0.1, -0.05) is 18.2 Å². The van der Waals surface area contributed by atoms with Crippen LogP contribution in [0.3, 0.4) is 0 Å².